The van der Waals surface area contributed by atoms with E-state index in [9.17, 15) is 16.8 Å². The van der Waals surface area contributed by atoms with Crippen molar-refractivity contribution in [2.24, 2.45) is 0 Å². The van der Waals surface area contributed by atoms with E-state index in [1.54, 1.807) is 37.3 Å². The largest absolute Gasteiger partial charge is 0.397 e. The number of aliphatic hydroxyl groups excluding tert-OH is 1. The van der Waals surface area contributed by atoms with Crippen molar-refractivity contribution in [3.05, 3.63) is 30.3 Å². The zero-order chi connectivity index (χ0) is 32.5. The molecule has 256 valence electrons. The van der Waals surface area contributed by atoms with Crippen LogP contribution >= 0.6 is 0 Å². The molecule has 0 aromatic heterocycles. The van der Waals surface area contributed by atoms with Crippen LogP contribution in [0.5, 0.6) is 0 Å². The van der Waals surface area contributed by atoms with Crippen LogP contribution in [-0.4, -0.2) is 46.3 Å². The van der Waals surface area contributed by atoms with Crippen molar-refractivity contribution in [1.82, 2.24) is 0 Å². The average Bonchev–Trinajstić information content (AvgIpc) is 2.97. The van der Waals surface area contributed by atoms with Crippen molar-refractivity contribution in [3.63, 3.8) is 0 Å². The number of hydrogen-bond acceptors (Lipinski definition) is 7. The van der Waals surface area contributed by atoms with Gasteiger partial charge in [0.1, 0.15) is 0 Å². The third-order valence-electron chi connectivity index (χ3n) is 6.75. The van der Waals surface area contributed by atoms with E-state index >= 15 is 0 Å². The minimum atomic E-state index is -4.23. The molecule has 0 unspecified atom stereocenters. The molecule has 0 aliphatic carbocycles. The van der Waals surface area contributed by atoms with Crippen LogP contribution in [0.1, 0.15) is 156 Å². The molecule has 0 spiro atoms. The summed E-state index contributed by atoms with van der Waals surface area (Å²) < 4.78 is 61.8. The Morgan fingerprint density at radius 1 is 0.512 bits per heavy atom. The maximum Gasteiger partial charge on any atom is 0.397 e. The summed E-state index contributed by atoms with van der Waals surface area (Å²) >= 11 is 0. The van der Waals surface area contributed by atoms with Gasteiger partial charge < -0.3 is 5.11 Å². The van der Waals surface area contributed by atoms with Crippen molar-refractivity contribution >= 4 is 20.5 Å². The number of aliphatic hydroxyl groups is 1. The standard InChI is InChI=1S/C19H32O3S.C12H26O4S.C2H6O/c1-2-3-4-5-6-7-8-9-10-11-15-18-22-23(20,21)19-16-13-12-14-17-19;1-2-3-4-5-6-7-8-9-10-11-12-16-17(13,14)15;1-2-3/h12-14,16-17H,2-11,15,18H2,1H3;2-12H2,1H3,(H,13,14,15);3H,2H2,1H3. The van der Waals surface area contributed by atoms with Crippen molar-refractivity contribution in [2.45, 2.75) is 161 Å². The quantitative estimate of drug-likeness (QED) is 0.0576. The Kier molecular flexibility index (Phi) is 33.2. The Morgan fingerprint density at radius 2 is 0.814 bits per heavy atom. The van der Waals surface area contributed by atoms with Crippen LogP contribution in [0.15, 0.2) is 35.2 Å². The Bertz CT molecular complexity index is 891. The smallest absolute Gasteiger partial charge is 0.397 e. The second kappa shape index (κ2) is 32.4. The first-order chi connectivity index (χ1) is 20.6. The number of unbranched alkanes of at least 4 members (excludes halogenated alkanes) is 19. The topological polar surface area (TPSA) is 127 Å². The fourth-order valence-electron chi connectivity index (χ4n) is 4.34. The van der Waals surface area contributed by atoms with Crippen LogP contribution < -0.4 is 0 Å². The molecule has 0 radical (unpaired) electrons. The zero-order valence-electron chi connectivity index (χ0n) is 27.5. The minimum absolute atomic E-state index is 0.0926. The number of hydrogen-bond donors (Lipinski definition) is 2. The fraction of sp³-hybridized carbons (Fsp3) is 0.818. The lowest BCUT2D eigenvalue weighted by Crippen LogP contribution is -2.07. The van der Waals surface area contributed by atoms with Crippen LogP contribution in [0.4, 0.5) is 0 Å². The van der Waals surface area contributed by atoms with Gasteiger partial charge in [0.25, 0.3) is 10.1 Å². The highest BCUT2D eigenvalue weighted by Gasteiger charge is 2.13. The highest BCUT2D eigenvalue weighted by molar-refractivity contribution is 7.86. The van der Waals surface area contributed by atoms with Crippen LogP contribution in [0.2, 0.25) is 0 Å². The first kappa shape index (κ1) is 44.1. The normalized spacial score (nSPS) is 11.4. The molecule has 2 N–H and O–H groups in total. The molecule has 0 amide bonds. The second-order valence-electron chi connectivity index (χ2n) is 10.9. The van der Waals surface area contributed by atoms with Crippen molar-refractivity contribution in [2.75, 3.05) is 19.8 Å². The van der Waals surface area contributed by atoms with Crippen molar-refractivity contribution < 1.29 is 34.9 Å². The molecule has 10 heteroatoms. The lowest BCUT2D eigenvalue weighted by Gasteiger charge is -2.05. The highest BCUT2D eigenvalue weighted by Crippen LogP contribution is 2.14. The number of benzene rings is 1. The highest BCUT2D eigenvalue weighted by atomic mass is 32.3. The average molecular weight is 653 g/mol. The van der Waals surface area contributed by atoms with E-state index < -0.39 is 20.5 Å². The third-order valence-corrected chi connectivity index (χ3v) is 8.54. The van der Waals surface area contributed by atoms with Gasteiger partial charge in [-0.15, -0.1) is 0 Å². The maximum absolute atomic E-state index is 11.9. The van der Waals surface area contributed by atoms with Gasteiger partial charge in [0.2, 0.25) is 0 Å². The minimum Gasteiger partial charge on any atom is -0.397 e. The molecule has 0 heterocycles. The van der Waals surface area contributed by atoms with Gasteiger partial charge in [0.15, 0.2) is 0 Å². The molecular weight excluding hydrogens is 588 g/mol. The Morgan fingerprint density at radius 3 is 1.14 bits per heavy atom. The van der Waals surface area contributed by atoms with Gasteiger partial charge in [-0.25, -0.2) is 4.18 Å². The predicted octanol–water partition coefficient (Wildman–Crippen LogP) is 9.43. The van der Waals surface area contributed by atoms with Gasteiger partial charge in [0, 0.05) is 6.61 Å². The fourth-order valence-corrected chi connectivity index (χ4v) is 5.64. The Balaban J connectivity index is 0. The van der Waals surface area contributed by atoms with Crippen LogP contribution in [0.3, 0.4) is 0 Å². The summed E-state index contributed by atoms with van der Waals surface area (Å²) in [7, 11) is -7.81. The summed E-state index contributed by atoms with van der Waals surface area (Å²) in [5.41, 5.74) is 0. The van der Waals surface area contributed by atoms with Gasteiger partial charge >= 0.3 is 10.4 Å². The SMILES string of the molecule is CCCCCCCCCCCCCOS(=O)(=O)c1ccccc1.CCCCCCCCCCCCOS(=O)(=O)O.CCO. The van der Waals surface area contributed by atoms with E-state index in [-0.39, 0.29) is 24.7 Å². The molecule has 0 atom stereocenters. The van der Waals surface area contributed by atoms with E-state index in [1.807, 2.05) is 0 Å². The van der Waals surface area contributed by atoms with E-state index in [0.717, 1.165) is 25.7 Å². The van der Waals surface area contributed by atoms with Gasteiger partial charge in [0.05, 0.1) is 18.1 Å². The lowest BCUT2D eigenvalue weighted by atomic mass is 10.1. The molecular formula is C33H64O8S2. The van der Waals surface area contributed by atoms with Crippen LogP contribution in [0.25, 0.3) is 0 Å². The molecule has 0 bridgehead atoms. The molecule has 1 aromatic carbocycles. The molecule has 8 nitrogen and oxygen atoms in total. The summed E-state index contributed by atoms with van der Waals surface area (Å²) in [6.07, 6.45) is 25.5. The molecule has 0 saturated carbocycles. The van der Waals surface area contributed by atoms with E-state index in [4.69, 9.17) is 13.8 Å². The zero-order valence-corrected chi connectivity index (χ0v) is 29.2. The molecule has 0 aliphatic heterocycles. The molecule has 1 aromatic rings. The molecule has 0 saturated heterocycles. The predicted molar refractivity (Wildman–Crippen MR) is 178 cm³/mol. The maximum atomic E-state index is 11.9. The monoisotopic (exact) mass is 652 g/mol. The van der Waals surface area contributed by atoms with Gasteiger partial charge in [-0.3, -0.25) is 8.74 Å². The molecule has 1 rings (SSSR count). The van der Waals surface area contributed by atoms with E-state index in [2.05, 4.69) is 18.0 Å². The first-order valence-electron chi connectivity index (χ1n) is 16.8. The van der Waals surface area contributed by atoms with Crippen molar-refractivity contribution in [1.29, 1.82) is 0 Å². The van der Waals surface area contributed by atoms with Gasteiger partial charge in [-0.2, -0.15) is 16.8 Å². The second-order valence-corrected chi connectivity index (χ2v) is 13.6. The van der Waals surface area contributed by atoms with Crippen molar-refractivity contribution in [3.8, 4) is 0 Å². The summed E-state index contributed by atoms with van der Waals surface area (Å²) in [6, 6.07) is 8.34. The lowest BCUT2D eigenvalue weighted by molar-refractivity contribution is 0.261. The summed E-state index contributed by atoms with van der Waals surface area (Å²) in [6.45, 7) is 6.77. The molecule has 0 aliphatic rings. The van der Waals surface area contributed by atoms with E-state index in [1.165, 1.54) is 103 Å². The Hall–Kier alpha value is -1.04. The molecule has 43 heavy (non-hydrogen) atoms. The molecule has 0 fully saturated rings. The van der Waals surface area contributed by atoms with Gasteiger partial charge in [-0.05, 0) is 31.9 Å². The van der Waals surface area contributed by atoms with Gasteiger partial charge in [-0.1, -0.05) is 154 Å². The summed E-state index contributed by atoms with van der Waals surface area (Å²) in [5.74, 6) is 0. The van der Waals surface area contributed by atoms with Crippen LogP contribution in [0, 0.1) is 0 Å². The number of rotatable bonds is 26. The summed E-state index contributed by atoms with van der Waals surface area (Å²) in [5, 5.41) is 7.57. The first-order valence-corrected chi connectivity index (χ1v) is 19.6. The van der Waals surface area contributed by atoms with Crippen LogP contribution in [-0.2, 0) is 28.9 Å². The van der Waals surface area contributed by atoms with E-state index in [0.29, 0.717) is 6.42 Å². The Labute approximate surface area is 265 Å². The summed E-state index contributed by atoms with van der Waals surface area (Å²) in [4.78, 5) is 0.239. The third kappa shape index (κ3) is 35.3.